The van der Waals surface area contributed by atoms with Crippen molar-refractivity contribution < 1.29 is 32.9 Å². The summed E-state index contributed by atoms with van der Waals surface area (Å²) in [6.07, 6.45) is 7.59. The fraction of sp³-hybridized carbons (Fsp3) is 0.680. The minimum absolute atomic E-state index is 0.277. The van der Waals surface area contributed by atoms with E-state index < -0.39 is 54.0 Å². The predicted octanol–water partition coefficient (Wildman–Crippen LogP) is 3.52. The number of carbonyl (C=O) groups excluding carboxylic acids is 1. The van der Waals surface area contributed by atoms with Crippen molar-refractivity contribution in [3.8, 4) is 0 Å². The second-order valence-electron chi connectivity index (χ2n) is 9.99. The lowest BCUT2D eigenvalue weighted by Crippen LogP contribution is -2.59. The van der Waals surface area contributed by atoms with Crippen LogP contribution in [-0.2, 0) is 28.5 Å². The highest BCUT2D eigenvalue weighted by Gasteiger charge is 2.65. The molecular formula is C25H31FN2O6. The van der Waals surface area contributed by atoms with Crippen LogP contribution in [0.15, 0.2) is 29.4 Å². The van der Waals surface area contributed by atoms with Gasteiger partial charge in [0, 0.05) is 31.2 Å². The minimum Gasteiger partial charge on any atom is -0.341 e. The van der Waals surface area contributed by atoms with Gasteiger partial charge in [-0.05, 0) is 31.7 Å². The third kappa shape index (κ3) is 4.07. The average molecular weight is 475 g/mol. The van der Waals surface area contributed by atoms with Gasteiger partial charge < -0.3 is 23.7 Å². The van der Waals surface area contributed by atoms with Crippen LogP contribution < -0.4 is 5.43 Å². The van der Waals surface area contributed by atoms with Gasteiger partial charge in [0.25, 0.3) is 5.91 Å². The molecule has 5 fully saturated rings. The number of benzene rings is 1. The van der Waals surface area contributed by atoms with Crippen LogP contribution in [0.1, 0.15) is 69.8 Å². The van der Waals surface area contributed by atoms with Crippen molar-refractivity contribution in [1.29, 1.82) is 0 Å². The Hall–Kier alpha value is -1.91. The first-order valence-corrected chi connectivity index (χ1v) is 12.5. The van der Waals surface area contributed by atoms with Gasteiger partial charge in [0.05, 0.1) is 6.21 Å². The van der Waals surface area contributed by atoms with E-state index in [1.54, 1.807) is 18.2 Å². The van der Waals surface area contributed by atoms with Crippen molar-refractivity contribution in [2.75, 3.05) is 0 Å². The fourth-order valence-electron chi connectivity index (χ4n) is 5.98. The number of fused-ring (bicyclic) bond motifs is 3. The molecule has 2 spiro atoms. The standard InChI is InChI=1S/C25H31FN2O6/c26-17-10-4-3-9-16(17)15-27-28-22(29)20-18-19(32-24(31-18)11-5-1-6-12-24)21-23(30-20)34-25(33-21)13-7-2-8-14-25/h3-4,9-10,15,18-21,23H,1-2,5-8,11-14H2,(H,28,29)/b27-15-/t18-,19+,20+,21-,23-/m1/s1. The van der Waals surface area contributed by atoms with Crippen LogP contribution in [0.4, 0.5) is 4.39 Å². The van der Waals surface area contributed by atoms with Crippen molar-refractivity contribution in [3.63, 3.8) is 0 Å². The molecule has 1 aromatic carbocycles. The summed E-state index contributed by atoms with van der Waals surface area (Å²) in [4.78, 5) is 13.2. The molecule has 34 heavy (non-hydrogen) atoms. The van der Waals surface area contributed by atoms with Gasteiger partial charge in [0.15, 0.2) is 24.0 Å². The molecule has 0 bridgehead atoms. The van der Waals surface area contributed by atoms with E-state index in [1.165, 1.54) is 12.3 Å². The zero-order valence-electron chi connectivity index (χ0n) is 19.1. The van der Waals surface area contributed by atoms with Crippen LogP contribution in [0.3, 0.4) is 0 Å². The van der Waals surface area contributed by atoms with E-state index in [-0.39, 0.29) is 5.56 Å². The molecule has 1 aromatic rings. The number of halogens is 1. The Balaban J connectivity index is 1.22. The molecule has 8 nitrogen and oxygen atoms in total. The molecule has 3 heterocycles. The normalized spacial score (nSPS) is 36.0. The lowest BCUT2D eigenvalue weighted by Gasteiger charge is -2.36. The van der Waals surface area contributed by atoms with E-state index in [1.807, 2.05) is 0 Å². The SMILES string of the molecule is O=C(N/N=C\c1ccccc1F)[C@H]1O[C@@H]2OC3(CCCCC3)O[C@@H]2[C@H]2OC3(CCCCC3)O[C@H]21. The van der Waals surface area contributed by atoms with Crippen LogP contribution in [-0.4, -0.2) is 54.4 Å². The van der Waals surface area contributed by atoms with Crippen molar-refractivity contribution in [2.45, 2.75) is 106 Å². The smallest absolute Gasteiger partial charge is 0.272 e. The number of rotatable bonds is 3. The Morgan fingerprint density at radius 2 is 1.50 bits per heavy atom. The van der Waals surface area contributed by atoms with Crippen LogP contribution in [0, 0.1) is 5.82 Å². The molecular weight excluding hydrogens is 443 g/mol. The van der Waals surface area contributed by atoms with Crippen LogP contribution in [0.2, 0.25) is 0 Å². The Labute approximate surface area is 198 Å². The average Bonchev–Trinajstić information content (AvgIpc) is 3.38. The van der Waals surface area contributed by atoms with Gasteiger partial charge in [-0.1, -0.05) is 31.0 Å². The Kier molecular flexibility index (Phi) is 5.93. The molecule has 9 heteroatoms. The van der Waals surface area contributed by atoms with Crippen molar-refractivity contribution >= 4 is 12.1 Å². The van der Waals surface area contributed by atoms with Crippen LogP contribution in [0.25, 0.3) is 0 Å². The molecule has 2 aliphatic carbocycles. The van der Waals surface area contributed by atoms with E-state index in [9.17, 15) is 9.18 Å². The number of hydrogen-bond donors (Lipinski definition) is 1. The number of hydrazone groups is 1. The highest BCUT2D eigenvalue weighted by Crippen LogP contribution is 2.50. The maximum absolute atomic E-state index is 13.9. The molecule has 3 saturated heterocycles. The number of nitrogens with zero attached hydrogens (tertiary/aromatic N) is 1. The van der Waals surface area contributed by atoms with Crippen molar-refractivity contribution in [2.24, 2.45) is 5.10 Å². The summed E-state index contributed by atoms with van der Waals surface area (Å²) in [7, 11) is 0. The Morgan fingerprint density at radius 3 is 2.21 bits per heavy atom. The maximum atomic E-state index is 13.9. The number of nitrogens with one attached hydrogen (secondary N) is 1. The first-order chi connectivity index (χ1) is 16.6. The lowest BCUT2D eigenvalue weighted by atomic mass is 9.94. The quantitative estimate of drug-likeness (QED) is 0.533. The molecule has 5 atom stereocenters. The van der Waals surface area contributed by atoms with E-state index in [0.29, 0.717) is 0 Å². The zero-order chi connectivity index (χ0) is 23.2. The van der Waals surface area contributed by atoms with Gasteiger partial charge in [-0.3, -0.25) is 4.79 Å². The van der Waals surface area contributed by atoms with E-state index in [4.69, 9.17) is 23.7 Å². The summed E-state index contributed by atoms with van der Waals surface area (Å²) in [5.41, 5.74) is 2.77. The van der Waals surface area contributed by atoms with Crippen LogP contribution in [0.5, 0.6) is 0 Å². The second kappa shape index (κ2) is 8.95. The van der Waals surface area contributed by atoms with Crippen molar-refractivity contribution in [3.05, 3.63) is 35.6 Å². The van der Waals surface area contributed by atoms with Gasteiger partial charge in [-0.15, -0.1) is 0 Å². The van der Waals surface area contributed by atoms with E-state index >= 15 is 0 Å². The number of amides is 1. The number of carbonyl (C=O) groups is 1. The molecule has 1 N–H and O–H groups in total. The summed E-state index contributed by atoms with van der Waals surface area (Å²) >= 11 is 0. The largest absolute Gasteiger partial charge is 0.341 e. The Bertz CT molecular complexity index is 945. The summed E-state index contributed by atoms with van der Waals surface area (Å²) in [5, 5.41) is 3.95. The molecule has 0 unspecified atom stereocenters. The summed E-state index contributed by atoms with van der Waals surface area (Å²) in [6.45, 7) is 0. The summed E-state index contributed by atoms with van der Waals surface area (Å²) < 4.78 is 45.8. The molecule has 0 aromatic heterocycles. The van der Waals surface area contributed by atoms with Crippen molar-refractivity contribution in [1.82, 2.24) is 5.43 Å². The van der Waals surface area contributed by atoms with Gasteiger partial charge in [0.2, 0.25) is 0 Å². The van der Waals surface area contributed by atoms with Gasteiger partial charge >= 0.3 is 0 Å². The molecule has 2 saturated carbocycles. The minimum atomic E-state index is -0.979. The Morgan fingerprint density at radius 1 is 0.882 bits per heavy atom. The maximum Gasteiger partial charge on any atom is 0.272 e. The molecule has 3 aliphatic heterocycles. The first-order valence-electron chi connectivity index (χ1n) is 12.5. The van der Waals surface area contributed by atoms with Crippen LogP contribution >= 0.6 is 0 Å². The fourth-order valence-corrected chi connectivity index (χ4v) is 5.98. The third-order valence-electron chi connectivity index (χ3n) is 7.65. The molecule has 6 rings (SSSR count). The lowest BCUT2D eigenvalue weighted by molar-refractivity contribution is -0.247. The highest BCUT2D eigenvalue weighted by atomic mass is 19.1. The molecule has 0 radical (unpaired) electrons. The number of hydrogen-bond acceptors (Lipinski definition) is 7. The first kappa shape index (κ1) is 22.5. The monoisotopic (exact) mass is 474 g/mol. The molecule has 1 amide bonds. The topological polar surface area (TPSA) is 87.6 Å². The molecule has 5 aliphatic rings. The summed E-state index contributed by atoms with van der Waals surface area (Å²) in [5.74, 6) is -2.30. The zero-order valence-corrected chi connectivity index (χ0v) is 19.1. The molecule has 184 valence electrons. The third-order valence-corrected chi connectivity index (χ3v) is 7.65. The summed E-state index contributed by atoms with van der Waals surface area (Å²) in [6, 6.07) is 6.22. The van der Waals surface area contributed by atoms with Gasteiger partial charge in [-0.25, -0.2) is 9.82 Å². The van der Waals surface area contributed by atoms with E-state index in [2.05, 4.69) is 10.5 Å². The van der Waals surface area contributed by atoms with Gasteiger partial charge in [-0.2, -0.15) is 5.10 Å². The number of ether oxygens (including phenoxy) is 5. The second-order valence-corrected chi connectivity index (χ2v) is 9.99. The van der Waals surface area contributed by atoms with E-state index in [0.717, 1.165) is 64.2 Å². The highest BCUT2D eigenvalue weighted by molar-refractivity contribution is 5.85. The van der Waals surface area contributed by atoms with Gasteiger partial charge in [0.1, 0.15) is 24.1 Å². The predicted molar refractivity (Wildman–Crippen MR) is 118 cm³/mol.